The van der Waals surface area contributed by atoms with Gasteiger partial charge in [-0.2, -0.15) is 0 Å². The third-order valence-corrected chi connectivity index (χ3v) is 4.59. The number of nitrogens with zero attached hydrogens (tertiary/aromatic N) is 1. The third kappa shape index (κ3) is 6.02. The smallest absolute Gasteiger partial charge is 0.234 e. The summed E-state index contributed by atoms with van der Waals surface area (Å²) in [6.45, 7) is 2.78. The maximum atomic E-state index is 12.5. The van der Waals surface area contributed by atoms with Crippen molar-refractivity contribution in [2.45, 2.75) is 19.5 Å². The summed E-state index contributed by atoms with van der Waals surface area (Å²) in [7, 11) is 8.32. The maximum Gasteiger partial charge on any atom is 0.234 e. The van der Waals surface area contributed by atoms with E-state index >= 15 is 0 Å². The molecular weight excluding hydrogens is 372 g/mol. The van der Waals surface area contributed by atoms with Gasteiger partial charge in [0.1, 0.15) is 11.5 Å². The quantitative estimate of drug-likeness (QED) is 0.659. The van der Waals surface area contributed by atoms with Crippen molar-refractivity contribution in [2.75, 3.05) is 42.0 Å². The first kappa shape index (κ1) is 22.4. The molecule has 158 valence electrons. The van der Waals surface area contributed by atoms with E-state index in [0.717, 1.165) is 11.1 Å². The van der Waals surface area contributed by atoms with Crippen molar-refractivity contribution in [1.29, 1.82) is 0 Å². The summed E-state index contributed by atoms with van der Waals surface area (Å²) in [5.41, 5.74) is 1.89. The SMILES string of the molecule is COc1ccc(OC)c(C(C)NC(=O)CN(C)Cc2ccc(OC)c(OC)c2)c1. The molecule has 0 saturated heterocycles. The van der Waals surface area contributed by atoms with Gasteiger partial charge in [0, 0.05) is 12.1 Å². The molecular formula is C22H30N2O5. The molecule has 0 aromatic heterocycles. The third-order valence-electron chi connectivity index (χ3n) is 4.59. The number of nitrogens with one attached hydrogen (secondary N) is 1. The predicted molar refractivity (Wildman–Crippen MR) is 112 cm³/mol. The van der Waals surface area contributed by atoms with Crippen molar-refractivity contribution in [3.05, 3.63) is 47.5 Å². The zero-order valence-electron chi connectivity index (χ0n) is 17.9. The Morgan fingerprint density at radius 1 is 0.931 bits per heavy atom. The number of likely N-dealkylation sites (N-methyl/N-ethyl adjacent to an activating group) is 1. The lowest BCUT2D eigenvalue weighted by molar-refractivity contribution is -0.122. The topological polar surface area (TPSA) is 69.3 Å². The van der Waals surface area contributed by atoms with Gasteiger partial charge in [0.2, 0.25) is 5.91 Å². The summed E-state index contributed by atoms with van der Waals surface area (Å²) in [5.74, 6) is 2.69. The molecule has 29 heavy (non-hydrogen) atoms. The molecule has 7 nitrogen and oxygen atoms in total. The minimum atomic E-state index is -0.220. The van der Waals surface area contributed by atoms with E-state index < -0.39 is 0 Å². The number of amides is 1. The van der Waals surface area contributed by atoms with E-state index in [1.807, 2.05) is 55.3 Å². The number of carbonyl (C=O) groups is 1. The molecule has 0 saturated carbocycles. The van der Waals surface area contributed by atoms with Crippen LogP contribution in [0, 0.1) is 0 Å². The molecule has 2 aromatic rings. The molecule has 7 heteroatoms. The molecule has 1 unspecified atom stereocenters. The molecule has 0 aliphatic carbocycles. The van der Waals surface area contributed by atoms with Gasteiger partial charge in [0.25, 0.3) is 0 Å². The minimum Gasteiger partial charge on any atom is -0.497 e. The lowest BCUT2D eigenvalue weighted by Gasteiger charge is -2.21. The van der Waals surface area contributed by atoms with Gasteiger partial charge in [-0.1, -0.05) is 6.07 Å². The number of hydrogen-bond acceptors (Lipinski definition) is 6. The zero-order valence-corrected chi connectivity index (χ0v) is 17.9. The Bertz CT molecular complexity index is 825. The van der Waals surface area contributed by atoms with Crippen LogP contribution in [0.5, 0.6) is 23.0 Å². The van der Waals surface area contributed by atoms with Gasteiger partial charge in [-0.25, -0.2) is 0 Å². The molecule has 2 aromatic carbocycles. The van der Waals surface area contributed by atoms with Crippen molar-refractivity contribution >= 4 is 5.91 Å². The lowest BCUT2D eigenvalue weighted by Crippen LogP contribution is -2.36. The Labute approximate surface area is 172 Å². The molecule has 2 rings (SSSR count). The number of rotatable bonds is 10. The van der Waals surface area contributed by atoms with E-state index in [1.165, 1.54) is 0 Å². The molecule has 0 aliphatic rings. The monoisotopic (exact) mass is 402 g/mol. The highest BCUT2D eigenvalue weighted by atomic mass is 16.5. The Balaban J connectivity index is 1.98. The van der Waals surface area contributed by atoms with Gasteiger partial charge in [-0.15, -0.1) is 0 Å². The fourth-order valence-corrected chi connectivity index (χ4v) is 3.13. The van der Waals surface area contributed by atoms with Crippen LogP contribution in [-0.4, -0.2) is 52.8 Å². The fourth-order valence-electron chi connectivity index (χ4n) is 3.13. The van der Waals surface area contributed by atoms with Crippen LogP contribution in [0.4, 0.5) is 0 Å². The Kier molecular flexibility index (Phi) is 8.15. The van der Waals surface area contributed by atoms with Crippen LogP contribution in [-0.2, 0) is 11.3 Å². The molecule has 0 bridgehead atoms. The lowest BCUT2D eigenvalue weighted by atomic mass is 10.1. The number of benzene rings is 2. The number of carbonyl (C=O) groups excluding carboxylic acids is 1. The number of ether oxygens (including phenoxy) is 4. The second-order valence-corrected chi connectivity index (χ2v) is 6.76. The average Bonchev–Trinajstić information content (AvgIpc) is 2.72. The standard InChI is InChI=1S/C22H30N2O5/c1-15(18-12-17(26-3)8-10-19(18)27-4)23-22(25)14-24(2)13-16-7-9-20(28-5)21(11-16)29-6/h7-12,15H,13-14H2,1-6H3,(H,23,25). The largest absolute Gasteiger partial charge is 0.497 e. The van der Waals surface area contributed by atoms with Gasteiger partial charge >= 0.3 is 0 Å². The Morgan fingerprint density at radius 2 is 1.59 bits per heavy atom. The summed E-state index contributed by atoms with van der Waals surface area (Å²) in [6.07, 6.45) is 0. The normalized spacial score (nSPS) is 11.7. The van der Waals surface area contributed by atoms with Crippen molar-refractivity contribution in [3.63, 3.8) is 0 Å². The second-order valence-electron chi connectivity index (χ2n) is 6.76. The van der Waals surface area contributed by atoms with Crippen LogP contribution < -0.4 is 24.3 Å². The Morgan fingerprint density at radius 3 is 2.21 bits per heavy atom. The fraction of sp³-hybridized carbons (Fsp3) is 0.409. The molecule has 1 N–H and O–H groups in total. The van der Waals surface area contributed by atoms with Crippen LogP contribution in [0.25, 0.3) is 0 Å². The highest BCUT2D eigenvalue weighted by Gasteiger charge is 2.16. The van der Waals surface area contributed by atoms with Crippen molar-refractivity contribution in [3.8, 4) is 23.0 Å². The van der Waals surface area contributed by atoms with Crippen molar-refractivity contribution in [1.82, 2.24) is 10.2 Å². The van der Waals surface area contributed by atoms with Crippen LogP contribution in [0.2, 0.25) is 0 Å². The predicted octanol–water partition coefficient (Wildman–Crippen LogP) is 3.03. The second kappa shape index (κ2) is 10.6. The number of methoxy groups -OCH3 is 4. The molecule has 1 amide bonds. The van der Waals surface area contributed by atoms with Crippen LogP contribution in [0.1, 0.15) is 24.1 Å². The van der Waals surface area contributed by atoms with Gasteiger partial charge in [-0.05, 0) is 49.9 Å². The Hall–Kier alpha value is -2.93. The average molecular weight is 402 g/mol. The number of hydrogen-bond donors (Lipinski definition) is 1. The van der Waals surface area contributed by atoms with Crippen molar-refractivity contribution in [2.24, 2.45) is 0 Å². The molecule has 0 heterocycles. The first-order chi connectivity index (χ1) is 13.9. The molecule has 0 spiro atoms. The first-order valence-corrected chi connectivity index (χ1v) is 9.32. The van der Waals surface area contributed by atoms with E-state index in [4.69, 9.17) is 18.9 Å². The van der Waals surface area contributed by atoms with Gasteiger partial charge in [0.05, 0.1) is 41.0 Å². The summed E-state index contributed by atoms with van der Waals surface area (Å²) >= 11 is 0. The van der Waals surface area contributed by atoms with E-state index in [-0.39, 0.29) is 18.5 Å². The van der Waals surface area contributed by atoms with Gasteiger partial charge in [0.15, 0.2) is 11.5 Å². The summed E-state index contributed by atoms with van der Waals surface area (Å²) < 4.78 is 21.3. The summed E-state index contributed by atoms with van der Waals surface area (Å²) in [4.78, 5) is 14.5. The summed E-state index contributed by atoms with van der Waals surface area (Å²) in [5, 5.41) is 3.02. The molecule has 0 radical (unpaired) electrons. The van der Waals surface area contributed by atoms with E-state index in [0.29, 0.717) is 29.5 Å². The van der Waals surface area contributed by atoms with Crippen LogP contribution >= 0.6 is 0 Å². The first-order valence-electron chi connectivity index (χ1n) is 9.32. The van der Waals surface area contributed by atoms with E-state index in [9.17, 15) is 4.79 Å². The van der Waals surface area contributed by atoms with Crippen LogP contribution in [0.3, 0.4) is 0 Å². The zero-order chi connectivity index (χ0) is 21.4. The highest BCUT2D eigenvalue weighted by molar-refractivity contribution is 5.78. The van der Waals surface area contributed by atoms with Crippen molar-refractivity contribution < 1.29 is 23.7 Å². The summed E-state index contributed by atoms with van der Waals surface area (Å²) in [6, 6.07) is 11.0. The van der Waals surface area contributed by atoms with Crippen LogP contribution in [0.15, 0.2) is 36.4 Å². The molecule has 0 fully saturated rings. The van der Waals surface area contributed by atoms with E-state index in [2.05, 4.69) is 5.32 Å². The highest BCUT2D eigenvalue weighted by Crippen LogP contribution is 2.29. The van der Waals surface area contributed by atoms with Gasteiger partial charge < -0.3 is 24.3 Å². The molecule has 0 aliphatic heterocycles. The van der Waals surface area contributed by atoms with Gasteiger partial charge in [-0.3, -0.25) is 9.69 Å². The molecule has 1 atom stereocenters. The maximum absolute atomic E-state index is 12.5. The van der Waals surface area contributed by atoms with E-state index in [1.54, 1.807) is 28.4 Å². The minimum absolute atomic E-state index is 0.0784.